The van der Waals surface area contributed by atoms with Crippen LogP contribution in [0, 0.1) is 13.8 Å². The third kappa shape index (κ3) is 4.77. The van der Waals surface area contributed by atoms with Crippen LogP contribution in [-0.2, 0) is 0 Å². The van der Waals surface area contributed by atoms with Crippen molar-refractivity contribution in [3.8, 4) is 5.69 Å². The summed E-state index contributed by atoms with van der Waals surface area (Å²) in [5, 5.41) is 9.95. The number of nitrogens with zero attached hydrogens (tertiary/aromatic N) is 4. The zero-order valence-corrected chi connectivity index (χ0v) is 19.8. The molecule has 0 aliphatic heterocycles. The Kier molecular flexibility index (Phi) is 7.01. The molecule has 0 saturated carbocycles. The second-order valence-corrected chi connectivity index (χ2v) is 9.48. The monoisotopic (exact) mass is 442 g/mol. The highest BCUT2D eigenvalue weighted by Gasteiger charge is 2.25. The number of ketones is 1. The number of rotatable bonds is 7. The van der Waals surface area contributed by atoms with E-state index in [0.717, 1.165) is 28.2 Å². The Hall–Kier alpha value is -2.15. The maximum atomic E-state index is 13.2. The van der Waals surface area contributed by atoms with Gasteiger partial charge in [0.25, 0.3) is 0 Å². The molecule has 158 valence electrons. The lowest BCUT2D eigenvalue weighted by molar-refractivity contribution is 0.0993. The number of carbonyl (C=O) groups is 1. The van der Waals surface area contributed by atoms with Crippen molar-refractivity contribution in [3.05, 3.63) is 70.0 Å². The molecular formula is C23H27ClN4OS. The van der Waals surface area contributed by atoms with Gasteiger partial charge in [0.1, 0.15) is 0 Å². The number of benzene rings is 2. The molecule has 0 bridgehead atoms. The Morgan fingerprint density at radius 2 is 1.73 bits per heavy atom. The average molecular weight is 443 g/mol. The van der Waals surface area contributed by atoms with E-state index in [1.165, 1.54) is 11.8 Å². The molecule has 0 aliphatic rings. The Morgan fingerprint density at radius 3 is 2.37 bits per heavy atom. The number of aromatic nitrogens is 3. The van der Waals surface area contributed by atoms with Crippen LogP contribution in [0.2, 0.25) is 5.02 Å². The lowest BCUT2D eigenvalue weighted by Crippen LogP contribution is -2.21. The normalized spacial score (nSPS) is 13.5. The first-order chi connectivity index (χ1) is 14.2. The van der Waals surface area contributed by atoms with Gasteiger partial charge in [0.2, 0.25) is 0 Å². The summed E-state index contributed by atoms with van der Waals surface area (Å²) in [6, 6.07) is 13.6. The van der Waals surface area contributed by atoms with Gasteiger partial charge in [-0.25, -0.2) is 0 Å². The van der Waals surface area contributed by atoms with Gasteiger partial charge in [-0.1, -0.05) is 41.1 Å². The Balaban J connectivity index is 1.98. The summed E-state index contributed by atoms with van der Waals surface area (Å²) >= 11 is 7.51. The van der Waals surface area contributed by atoms with Crippen molar-refractivity contribution in [2.45, 2.75) is 44.1 Å². The number of halogens is 1. The quantitative estimate of drug-likeness (QED) is 0.356. The predicted octanol–water partition coefficient (Wildman–Crippen LogP) is 5.52. The van der Waals surface area contributed by atoms with Crippen LogP contribution in [0.1, 0.15) is 47.2 Å². The highest BCUT2D eigenvalue weighted by atomic mass is 35.5. The fourth-order valence-corrected chi connectivity index (χ4v) is 4.19. The fourth-order valence-electron chi connectivity index (χ4n) is 3.12. The Labute approximate surface area is 187 Å². The topological polar surface area (TPSA) is 51.0 Å². The Morgan fingerprint density at radius 1 is 1.07 bits per heavy atom. The molecule has 2 aromatic carbocycles. The number of aryl methyl sites for hydroxylation is 2. The van der Waals surface area contributed by atoms with Gasteiger partial charge in [0, 0.05) is 16.3 Å². The first-order valence-electron chi connectivity index (χ1n) is 9.85. The molecule has 0 radical (unpaired) electrons. The molecule has 0 amide bonds. The molecule has 0 N–H and O–H groups in total. The van der Waals surface area contributed by atoms with Crippen molar-refractivity contribution in [3.63, 3.8) is 0 Å². The van der Waals surface area contributed by atoms with Crippen LogP contribution in [0.15, 0.2) is 47.6 Å². The molecule has 2 unspecified atom stereocenters. The zero-order valence-electron chi connectivity index (χ0n) is 18.2. The summed E-state index contributed by atoms with van der Waals surface area (Å²) in [4.78, 5) is 15.2. The SMILES string of the molecule is Cc1ccc(C)c(C(=O)C(C)Sc2nnc(C(C)N(C)C)n2-c2ccc(Cl)cc2)c1. The molecule has 1 aromatic heterocycles. The number of carbonyl (C=O) groups excluding carboxylic acids is 1. The van der Waals surface area contributed by atoms with Gasteiger partial charge >= 0.3 is 0 Å². The van der Waals surface area contributed by atoms with Crippen LogP contribution in [0.3, 0.4) is 0 Å². The molecule has 2 atom stereocenters. The van der Waals surface area contributed by atoms with E-state index < -0.39 is 0 Å². The summed E-state index contributed by atoms with van der Waals surface area (Å²) in [5.74, 6) is 0.908. The summed E-state index contributed by atoms with van der Waals surface area (Å²) in [6.07, 6.45) is 0. The van der Waals surface area contributed by atoms with Crippen LogP contribution in [0.4, 0.5) is 0 Å². The van der Waals surface area contributed by atoms with Gasteiger partial charge in [0.05, 0.1) is 11.3 Å². The Bertz CT molecular complexity index is 1050. The lowest BCUT2D eigenvalue weighted by Gasteiger charge is -2.21. The molecule has 3 rings (SSSR count). The minimum Gasteiger partial charge on any atom is -0.300 e. The van der Waals surface area contributed by atoms with Crippen molar-refractivity contribution in [2.75, 3.05) is 14.1 Å². The third-order valence-corrected chi connectivity index (χ3v) is 6.50. The van der Waals surface area contributed by atoms with Crippen LogP contribution in [0.25, 0.3) is 5.69 Å². The highest BCUT2D eigenvalue weighted by Crippen LogP contribution is 2.31. The number of hydrogen-bond acceptors (Lipinski definition) is 5. The van der Waals surface area contributed by atoms with Crippen molar-refractivity contribution in [1.29, 1.82) is 0 Å². The van der Waals surface area contributed by atoms with Crippen LogP contribution in [0.5, 0.6) is 0 Å². The molecule has 5 nitrogen and oxygen atoms in total. The highest BCUT2D eigenvalue weighted by molar-refractivity contribution is 8.00. The standard InChI is InChI=1S/C23H27ClN4OS/c1-14-7-8-15(2)20(13-14)21(29)17(4)30-23-26-25-22(16(3)27(5)6)28(23)19-11-9-18(24)10-12-19/h7-13,16-17H,1-6H3. The van der Waals surface area contributed by atoms with Crippen molar-refractivity contribution in [2.24, 2.45) is 0 Å². The van der Waals surface area contributed by atoms with E-state index in [-0.39, 0.29) is 17.1 Å². The van der Waals surface area contributed by atoms with Gasteiger partial charge in [0.15, 0.2) is 16.8 Å². The molecular weight excluding hydrogens is 416 g/mol. The maximum Gasteiger partial charge on any atom is 0.196 e. The molecule has 0 saturated heterocycles. The molecule has 1 heterocycles. The third-order valence-electron chi connectivity index (χ3n) is 5.20. The van der Waals surface area contributed by atoms with Gasteiger partial charge in [-0.3, -0.25) is 14.3 Å². The first kappa shape index (κ1) is 22.5. The van der Waals surface area contributed by atoms with Gasteiger partial charge in [-0.15, -0.1) is 10.2 Å². The molecule has 0 fully saturated rings. The van der Waals surface area contributed by atoms with E-state index in [0.29, 0.717) is 10.2 Å². The van der Waals surface area contributed by atoms with E-state index in [4.69, 9.17) is 11.6 Å². The first-order valence-corrected chi connectivity index (χ1v) is 11.1. The molecule has 30 heavy (non-hydrogen) atoms. The average Bonchev–Trinajstić information content (AvgIpc) is 3.12. The number of Topliss-reactive ketones (excluding diaryl/α,β-unsaturated/α-hetero) is 1. The zero-order chi connectivity index (χ0) is 22.0. The molecule has 0 aliphatic carbocycles. The molecule has 0 spiro atoms. The van der Waals surface area contributed by atoms with Crippen LogP contribution < -0.4 is 0 Å². The lowest BCUT2D eigenvalue weighted by atomic mass is 10.0. The molecule has 3 aromatic rings. The van der Waals surface area contributed by atoms with Crippen molar-refractivity contribution in [1.82, 2.24) is 19.7 Å². The van der Waals surface area contributed by atoms with Crippen molar-refractivity contribution < 1.29 is 4.79 Å². The van der Waals surface area contributed by atoms with Crippen molar-refractivity contribution >= 4 is 29.1 Å². The number of hydrogen-bond donors (Lipinski definition) is 0. The summed E-state index contributed by atoms with van der Waals surface area (Å²) in [6.45, 7) is 7.97. The second kappa shape index (κ2) is 9.33. The fraction of sp³-hybridized carbons (Fsp3) is 0.348. The summed E-state index contributed by atoms with van der Waals surface area (Å²) < 4.78 is 2.01. The van der Waals surface area contributed by atoms with E-state index in [9.17, 15) is 4.79 Å². The minimum absolute atomic E-state index is 0.0487. The van der Waals surface area contributed by atoms with Gasteiger partial charge in [-0.05, 0) is 77.7 Å². The van der Waals surface area contributed by atoms with E-state index in [1.807, 2.05) is 81.9 Å². The smallest absolute Gasteiger partial charge is 0.196 e. The maximum absolute atomic E-state index is 13.2. The van der Waals surface area contributed by atoms with E-state index >= 15 is 0 Å². The van der Waals surface area contributed by atoms with E-state index in [1.54, 1.807) is 0 Å². The summed E-state index contributed by atoms with van der Waals surface area (Å²) in [7, 11) is 4.01. The minimum atomic E-state index is -0.303. The van der Waals surface area contributed by atoms with Crippen LogP contribution >= 0.6 is 23.4 Å². The number of thioether (sulfide) groups is 1. The van der Waals surface area contributed by atoms with E-state index in [2.05, 4.69) is 22.0 Å². The largest absolute Gasteiger partial charge is 0.300 e. The molecule has 7 heteroatoms. The van der Waals surface area contributed by atoms with Gasteiger partial charge < -0.3 is 0 Å². The predicted molar refractivity (Wildman–Crippen MR) is 124 cm³/mol. The van der Waals surface area contributed by atoms with Gasteiger partial charge in [-0.2, -0.15) is 0 Å². The summed E-state index contributed by atoms with van der Waals surface area (Å²) in [5.41, 5.74) is 3.74. The van der Waals surface area contributed by atoms with Crippen LogP contribution in [-0.4, -0.2) is 44.8 Å². The second-order valence-electron chi connectivity index (χ2n) is 7.73.